The van der Waals surface area contributed by atoms with Crippen LogP contribution >= 0.6 is 0 Å². The molecule has 0 bridgehead atoms. The van der Waals surface area contributed by atoms with Gasteiger partial charge in [-0.05, 0) is 19.3 Å². The SMILES string of the molecule is O=C(NCCCO)C(=O)NC[C@@H]1CCCO1. The number of carbonyl (C=O) groups excluding carboxylic acids is 2. The van der Waals surface area contributed by atoms with Crippen LogP contribution < -0.4 is 10.6 Å². The highest BCUT2D eigenvalue weighted by molar-refractivity contribution is 6.35. The largest absolute Gasteiger partial charge is 0.396 e. The van der Waals surface area contributed by atoms with Gasteiger partial charge < -0.3 is 20.5 Å². The Labute approximate surface area is 94.3 Å². The van der Waals surface area contributed by atoms with E-state index in [4.69, 9.17) is 9.84 Å². The second kappa shape index (κ2) is 7.19. The number of nitrogens with one attached hydrogen (secondary N) is 2. The molecule has 1 saturated heterocycles. The molecule has 16 heavy (non-hydrogen) atoms. The van der Waals surface area contributed by atoms with Gasteiger partial charge in [-0.2, -0.15) is 0 Å². The fourth-order valence-electron chi connectivity index (χ4n) is 1.45. The summed E-state index contributed by atoms with van der Waals surface area (Å²) < 4.78 is 5.30. The Kier molecular flexibility index (Phi) is 5.81. The lowest BCUT2D eigenvalue weighted by Crippen LogP contribution is -2.43. The van der Waals surface area contributed by atoms with Gasteiger partial charge in [-0.25, -0.2) is 0 Å². The summed E-state index contributed by atoms with van der Waals surface area (Å²) in [6.45, 7) is 1.41. The second-order valence-electron chi connectivity index (χ2n) is 3.68. The molecular formula is C10H18N2O4. The van der Waals surface area contributed by atoms with Crippen LogP contribution in [0.25, 0.3) is 0 Å². The minimum absolute atomic E-state index is 0.00217. The van der Waals surface area contributed by atoms with E-state index in [0.29, 0.717) is 19.5 Å². The maximum atomic E-state index is 11.3. The van der Waals surface area contributed by atoms with Crippen LogP contribution in [0.2, 0.25) is 0 Å². The summed E-state index contributed by atoms with van der Waals surface area (Å²) in [5, 5.41) is 13.4. The Morgan fingerprint density at radius 3 is 2.69 bits per heavy atom. The molecule has 0 unspecified atom stereocenters. The molecule has 0 aromatic rings. The van der Waals surface area contributed by atoms with E-state index >= 15 is 0 Å². The molecule has 1 aliphatic heterocycles. The summed E-state index contributed by atoms with van der Waals surface area (Å²) >= 11 is 0. The first-order valence-electron chi connectivity index (χ1n) is 5.52. The highest BCUT2D eigenvalue weighted by Crippen LogP contribution is 2.10. The average Bonchev–Trinajstić information content (AvgIpc) is 2.79. The van der Waals surface area contributed by atoms with Crippen LogP contribution in [0, 0.1) is 0 Å². The highest BCUT2D eigenvalue weighted by atomic mass is 16.5. The third-order valence-electron chi connectivity index (χ3n) is 2.34. The monoisotopic (exact) mass is 230 g/mol. The van der Waals surface area contributed by atoms with Gasteiger partial charge in [0.15, 0.2) is 0 Å². The lowest BCUT2D eigenvalue weighted by Gasteiger charge is -2.10. The van der Waals surface area contributed by atoms with Gasteiger partial charge in [-0.1, -0.05) is 0 Å². The molecule has 0 aromatic carbocycles. The predicted molar refractivity (Wildman–Crippen MR) is 56.7 cm³/mol. The van der Waals surface area contributed by atoms with Gasteiger partial charge in [0.1, 0.15) is 0 Å². The molecule has 92 valence electrons. The molecule has 1 atom stereocenters. The van der Waals surface area contributed by atoms with E-state index in [1.54, 1.807) is 0 Å². The number of rotatable bonds is 5. The molecule has 0 aliphatic carbocycles. The summed E-state index contributed by atoms with van der Waals surface area (Å²) in [6, 6.07) is 0. The minimum Gasteiger partial charge on any atom is -0.396 e. The Morgan fingerprint density at radius 2 is 2.06 bits per heavy atom. The van der Waals surface area contributed by atoms with E-state index in [2.05, 4.69) is 10.6 Å². The van der Waals surface area contributed by atoms with Crippen molar-refractivity contribution >= 4 is 11.8 Å². The molecule has 1 rings (SSSR count). The summed E-state index contributed by atoms with van der Waals surface area (Å²) in [4.78, 5) is 22.4. The molecule has 0 radical (unpaired) electrons. The number of hydrogen-bond donors (Lipinski definition) is 3. The normalized spacial score (nSPS) is 19.4. The van der Waals surface area contributed by atoms with Gasteiger partial charge >= 0.3 is 11.8 Å². The number of carbonyl (C=O) groups is 2. The third kappa shape index (κ3) is 4.59. The van der Waals surface area contributed by atoms with Gasteiger partial charge in [0.2, 0.25) is 0 Å². The standard InChI is InChI=1S/C10H18N2O4/c13-5-2-4-11-9(14)10(15)12-7-8-3-1-6-16-8/h8,13H,1-7H2,(H,11,14)(H,12,15)/t8-/m0/s1. The fraction of sp³-hybridized carbons (Fsp3) is 0.800. The second-order valence-corrected chi connectivity index (χ2v) is 3.68. The van der Waals surface area contributed by atoms with Crippen LogP contribution in [-0.4, -0.2) is 49.3 Å². The first-order chi connectivity index (χ1) is 7.74. The lowest BCUT2D eigenvalue weighted by atomic mass is 10.2. The van der Waals surface area contributed by atoms with Crippen LogP contribution in [0.5, 0.6) is 0 Å². The average molecular weight is 230 g/mol. The number of aliphatic hydroxyl groups is 1. The quantitative estimate of drug-likeness (QED) is 0.408. The maximum absolute atomic E-state index is 11.3. The number of ether oxygens (including phenoxy) is 1. The molecule has 1 aliphatic rings. The van der Waals surface area contributed by atoms with Crippen molar-refractivity contribution in [3.8, 4) is 0 Å². The zero-order chi connectivity index (χ0) is 11.8. The topological polar surface area (TPSA) is 87.7 Å². The van der Waals surface area contributed by atoms with Crippen molar-refractivity contribution < 1.29 is 19.4 Å². The van der Waals surface area contributed by atoms with Crippen LogP contribution in [0.1, 0.15) is 19.3 Å². The predicted octanol–water partition coefficient (Wildman–Crippen LogP) is -1.22. The lowest BCUT2D eigenvalue weighted by molar-refractivity contribution is -0.139. The minimum atomic E-state index is -0.661. The van der Waals surface area contributed by atoms with Crippen LogP contribution in [-0.2, 0) is 14.3 Å². The van der Waals surface area contributed by atoms with E-state index in [1.165, 1.54) is 0 Å². The van der Waals surface area contributed by atoms with E-state index in [1.807, 2.05) is 0 Å². The van der Waals surface area contributed by atoms with Crippen molar-refractivity contribution in [2.24, 2.45) is 0 Å². The van der Waals surface area contributed by atoms with Crippen molar-refractivity contribution in [1.82, 2.24) is 10.6 Å². The summed E-state index contributed by atoms with van der Waals surface area (Å²) in [7, 11) is 0. The van der Waals surface area contributed by atoms with Gasteiger partial charge in [-0.15, -0.1) is 0 Å². The van der Waals surface area contributed by atoms with E-state index < -0.39 is 11.8 Å². The van der Waals surface area contributed by atoms with Crippen LogP contribution in [0.3, 0.4) is 0 Å². The smallest absolute Gasteiger partial charge is 0.309 e. The first-order valence-corrected chi connectivity index (χ1v) is 5.52. The number of aliphatic hydroxyl groups excluding tert-OH is 1. The number of amides is 2. The first kappa shape index (κ1) is 12.9. The van der Waals surface area contributed by atoms with Gasteiger partial charge in [0, 0.05) is 26.3 Å². The molecule has 0 spiro atoms. The summed E-state index contributed by atoms with van der Waals surface area (Å²) in [5.74, 6) is -1.31. The van der Waals surface area contributed by atoms with Crippen molar-refractivity contribution in [2.75, 3.05) is 26.3 Å². The molecule has 3 N–H and O–H groups in total. The summed E-state index contributed by atoms with van der Waals surface area (Å²) in [6.07, 6.45) is 2.41. The zero-order valence-electron chi connectivity index (χ0n) is 9.20. The van der Waals surface area contributed by atoms with E-state index in [-0.39, 0.29) is 12.7 Å². The molecule has 2 amide bonds. The molecular weight excluding hydrogens is 212 g/mol. The Bertz CT molecular complexity index is 239. The molecule has 6 nitrogen and oxygen atoms in total. The van der Waals surface area contributed by atoms with Gasteiger partial charge in [0.05, 0.1) is 6.10 Å². The Hall–Kier alpha value is -1.14. The van der Waals surface area contributed by atoms with Gasteiger partial charge in [-0.3, -0.25) is 9.59 Å². The molecule has 1 heterocycles. The Morgan fingerprint density at radius 1 is 1.31 bits per heavy atom. The highest BCUT2D eigenvalue weighted by Gasteiger charge is 2.18. The molecule has 6 heteroatoms. The fourth-order valence-corrected chi connectivity index (χ4v) is 1.45. The van der Waals surface area contributed by atoms with Crippen molar-refractivity contribution in [3.05, 3.63) is 0 Å². The third-order valence-corrected chi connectivity index (χ3v) is 2.34. The maximum Gasteiger partial charge on any atom is 0.309 e. The Balaban J connectivity index is 2.10. The molecule has 0 saturated carbocycles. The van der Waals surface area contributed by atoms with E-state index in [9.17, 15) is 9.59 Å². The van der Waals surface area contributed by atoms with Crippen LogP contribution in [0.15, 0.2) is 0 Å². The van der Waals surface area contributed by atoms with Crippen molar-refractivity contribution in [3.63, 3.8) is 0 Å². The van der Waals surface area contributed by atoms with Crippen molar-refractivity contribution in [2.45, 2.75) is 25.4 Å². The zero-order valence-corrected chi connectivity index (χ0v) is 9.20. The summed E-state index contributed by atoms with van der Waals surface area (Å²) in [5.41, 5.74) is 0. The van der Waals surface area contributed by atoms with Gasteiger partial charge in [0.25, 0.3) is 0 Å². The molecule has 1 fully saturated rings. The van der Waals surface area contributed by atoms with Crippen LogP contribution in [0.4, 0.5) is 0 Å². The number of hydrogen-bond acceptors (Lipinski definition) is 4. The molecule has 0 aromatic heterocycles. The van der Waals surface area contributed by atoms with E-state index in [0.717, 1.165) is 19.4 Å². The van der Waals surface area contributed by atoms with Crippen molar-refractivity contribution in [1.29, 1.82) is 0 Å².